The first-order chi connectivity index (χ1) is 13.9. The molecule has 1 fully saturated rings. The number of hydrogen-bond donors (Lipinski definition) is 1. The van der Waals surface area contributed by atoms with E-state index in [2.05, 4.69) is 15.5 Å². The summed E-state index contributed by atoms with van der Waals surface area (Å²) in [5, 5.41) is 14.1. The highest BCUT2D eigenvalue weighted by atomic mass is 35.5. The van der Waals surface area contributed by atoms with Crippen LogP contribution < -0.4 is 5.32 Å². The first-order valence-electron chi connectivity index (χ1n) is 8.87. The van der Waals surface area contributed by atoms with Crippen LogP contribution in [0, 0.1) is 0 Å². The molecule has 11 heteroatoms. The number of carbonyl (C=O) groups excluding carboxylic acids is 1. The summed E-state index contributed by atoms with van der Waals surface area (Å²) < 4.78 is 27.4. The number of thiophene rings is 1. The Morgan fingerprint density at radius 3 is 2.86 bits per heavy atom. The molecule has 0 radical (unpaired) electrons. The van der Waals surface area contributed by atoms with Gasteiger partial charge in [-0.3, -0.25) is 4.79 Å². The van der Waals surface area contributed by atoms with E-state index in [0.717, 1.165) is 12.8 Å². The van der Waals surface area contributed by atoms with Crippen LogP contribution in [-0.2, 0) is 10.0 Å². The lowest BCUT2D eigenvalue weighted by Gasteiger charge is -2.30. The minimum atomic E-state index is -3.50. The van der Waals surface area contributed by atoms with Crippen molar-refractivity contribution in [1.29, 1.82) is 0 Å². The lowest BCUT2D eigenvalue weighted by atomic mass is 10.0. The monoisotopic (exact) mass is 468 g/mol. The largest absolute Gasteiger partial charge is 0.320 e. The highest BCUT2D eigenvalue weighted by molar-refractivity contribution is 7.91. The summed E-state index contributed by atoms with van der Waals surface area (Å²) in [4.78, 5) is 12.4. The molecule has 0 aliphatic carbocycles. The average Bonchev–Trinajstić information content (AvgIpc) is 3.41. The van der Waals surface area contributed by atoms with Gasteiger partial charge in [0.1, 0.15) is 9.22 Å². The van der Waals surface area contributed by atoms with Crippen LogP contribution in [0.5, 0.6) is 0 Å². The van der Waals surface area contributed by atoms with Crippen LogP contribution in [0.2, 0.25) is 5.02 Å². The van der Waals surface area contributed by atoms with E-state index < -0.39 is 10.0 Å². The maximum atomic E-state index is 12.8. The molecule has 1 N–H and O–H groups in total. The minimum absolute atomic E-state index is 0.0799. The van der Waals surface area contributed by atoms with Crippen molar-refractivity contribution in [2.24, 2.45) is 0 Å². The highest BCUT2D eigenvalue weighted by Gasteiger charge is 2.33. The number of amides is 1. The second-order valence-corrected chi connectivity index (χ2v) is 11.1. The van der Waals surface area contributed by atoms with Crippen molar-refractivity contribution in [3.05, 3.63) is 56.8 Å². The van der Waals surface area contributed by atoms with Crippen LogP contribution in [0.4, 0.5) is 5.69 Å². The Morgan fingerprint density at radius 2 is 2.10 bits per heavy atom. The molecule has 1 aromatic carbocycles. The van der Waals surface area contributed by atoms with Crippen molar-refractivity contribution < 1.29 is 13.2 Å². The number of nitrogens with one attached hydrogen (secondary N) is 1. The molecule has 1 unspecified atom stereocenters. The molecule has 0 bridgehead atoms. The van der Waals surface area contributed by atoms with Gasteiger partial charge in [-0.25, -0.2) is 8.42 Å². The van der Waals surface area contributed by atoms with Gasteiger partial charge in [-0.15, -0.1) is 21.5 Å². The molecular formula is C18H17ClN4O3S3. The summed E-state index contributed by atoms with van der Waals surface area (Å²) in [7, 11) is -3.50. The topological polar surface area (TPSA) is 92.3 Å². The van der Waals surface area contributed by atoms with Gasteiger partial charge < -0.3 is 5.32 Å². The first-order valence-corrected chi connectivity index (χ1v) is 12.4. The van der Waals surface area contributed by atoms with Crippen molar-refractivity contribution in [3.8, 4) is 0 Å². The number of hydrogen-bond acceptors (Lipinski definition) is 7. The second-order valence-electron chi connectivity index (χ2n) is 6.54. The number of nitrogens with zero attached hydrogens (tertiary/aromatic N) is 3. The van der Waals surface area contributed by atoms with Crippen molar-refractivity contribution in [1.82, 2.24) is 14.5 Å². The van der Waals surface area contributed by atoms with Gasteiger partial charge in [0.2, 0.25) is 5.01 Å². The number of sulfonamides is 1. The fourth-order valence-electron chi connectivity index (χ4n) is 3.14. The minimum Gasteiger partial charge on any atom is -0.320 e. The van der Waals surface area contributed by atoms with E-state index in [1.165, 1.54) is 27.0 Å². The molecule has 1 aliphatic rings. The number of anilines is 1. The molecule has 0 spiro atoms. The highest BCUT2D eigenvalue weighted by Crippen LogP contribution is 2.33. The Balaban J connectivity index is 1.47. The zero-order valence-corrected chi connectivity index (χ0v) is 18.3. The Hall–Kier alpha value is -1.85. The van der Waals surface area contributed by atoms with Gasteiger partial charge in [0.15, 0.2) is 0 Å². The number of benzene rings is 1. The van der Waals surface area contributed by atoms with Gasteiger partial charge in [0, 0.05) is 29.7 Å². The number of rotatable bonds is 5. The van der Waals surface area contributed by atoms with Crippen LogP contribution >= 0.6 is 34.3 Å². The summed E-state index contributed by atoms with van der Waals surface area (Å²) in [6.45, 7) is 0.822. The zero-order valence-electron chi connectivity index (χ0n) is 15.1. The van der Waals surface area contributed by atoms with Crippen LogP contribution in [0.15, 0.2) is 46.0 Å². The molecule has 0 saturated carbocycles. The Kier molecular flexibility index (Phi) is 5.98. The second kappa shape index (κ2) is 8.49. The third-order valence-electron chi connectivity index (χ3n) is 4.54. The van der Waals surface area contributed by atoms with Crippen molar-refractivity contribution in [2.75, 3.05) is 18.4 Å². The summed E-state index contributed by atoms with van der Waals surface area (Å²) in [5.41, 5.74) is 0.574. The maximum absolute atomic E-state index is 12.8. The maximum Gasteiger partial charge on any atom is 0.286 e. The van der Waals surface area contributed by atoms with Gasteiger partial charge in [-0.1, -0.05) is 35.1 Å². The first kappa shape index (κ1) is 20.4. The molecule has 1 aliphatic heterocycles. The molecule has 1 amide bonds. The summed E-state index contributed by atoms with van der Waals surface area (Å²) in [5.74, 6) is -0.446. The van der Waals surface area contributed by atoms with E-state index >= 15 is 0 Å². The molecule has 7 nitrogen and oxygen atoms in total. The lowest BCUT2D eigenvalue weighted by molar-refractivity contribution is 0.102. The smallest absolute Gasteiger partial charge is 0.286 e. The van der Waals surface area contributed by atoms with Gasteiger partial charge in [-0.05, 0) is 42.5 Å². The normalized spacial score (nSPS) is 17.9. The van der Waals surface area contributed by atoms with Crippen molar-refractivity contribution >= 4 is 55.9 Å². The Morgan fingerprint density at radius 1 is 1.24 bits per heavy atom. The standard InChI is InChI=1S/C18H17ClN4O3S3/c19-13-5-1-6-14(10-13)20-16(24)18-22-21-17(28-18)12-4-2-8-23(11-12)29(25,26)15-7-3-9-27-15/h1,3,5-7,9-10,12H,2,4,8,11H2,(H,20,24). The predicted molar refractivity (Wildman–Crippen MR) is 114 cm³/mol. The third-order valence-corrected chi connectivity index (χ3v) is 9.10. The van der Waals surface area contributed by atoms with Crippen LogP contribution in [0.1, 0.15) is 33.6 Å². The van der Waals surface area contributed by atoms with E-state index in [4.69, 9.17) is 11.6 Å². The SMILES string of the molecule is O=C(Nc1cccc(Cl)c1)c1nnc(C2CCCN(S(=O)(=O)c3cccs3)C2)s1. The van der Waals surface area contributed by atoms with Gasteiger partial charge >= 0.3 is 0 Å². The third kappa shape index (κ3) is 4.51. The molecule has 1 saturated heterocycles. The number of halogens is 1. The molecular weight excluding hydrogens is 452 g/mol. The van der Waals surface area contributed by atoms with Crippen LogP contribution in [0.3, 0.4) is 0 Å². The van der Waals surface area contributed by atoms with Crippen LogP contribution in [-0.4, -0.2) is 41.9 Å². The summed E-state index contributed by atoms with van der Waals surface area (Å²) in [6.07, 6.45) is 1.54. The van der Waals surface area contributed by atoms with Gasteiger partial charge in [-0.2, -0.15) is 4.31 Å². The molecule has 29 heavy (non-hydrogen) atoms. The van der Waals surface area contributed by atoms with Gasteiger partial charge in [0.25, 0.3) is 15.9 Å². The Bertz CT molecular complexity index is 1120. The fraction of sp³-hybridized carbons (Fsp3) is 0.278. The van der Waals surface area contributed by atoms with E-state index in [-0.39, 0.29) is 16.8 Å². The van der Waals surface area contributed by atoms with Gasteiger partial charge in [0.05, 0.1) is 0 Å². The molecule has 4 rings (SSSR count). The zero-order chi connectivity index (χ0) is 20.4. The number of carbonyl (C=O) groups is 1. The van der Waals surface area contributed by atoms with E-state index in [9.17, 15) is 13.2 Å². The van der Waals surface area contributed by atoms with E-state index in [1.807, 2.05) is 0 Å². The van der Waals surface area contributed by atoms with Crippen LogP contribution in [0.25, 0.3) is 0 Å². The Labute approximate surface area is 181 Å². The molecule has 2 aromatic heterocycles. The molecule has 152 valence electrons. The molecule has 3 aromatic rings. The quantitative estimate of drug-likeness (QED) is 0.609. The van der Waals surface area contributed by atoms with Crippen molar-refractivity contribution in [3.63, 3.8) is 0 Å². The molecule has 3 heterocycles. The van der Waals surface area contributed by atoms with Crippen molar-refractivity contribution in [2.45, 2.75) is 23.0 Å². The number of piperidine rings is 1. The average molecular weight is 469 g/mol. The lowest BCUT2D eigenvalue weighted by Crippen LogP contribution is -2.38. The molecule has 1 atom stereocenters. The van der Waals surface area contributed by atoms with E-state index in [0.29, 0.717) is 33.0 Å². The van der Waals surface area contributed by atoms with E-state index in [1.54, 1.807) is 41.8 Å². The summed E-state index contributed by atoms with van der Waals surface area (Å²) >= 11 is 8.35. The number of aromatic nitrogens is 2. The predicted octanol–water partition coefficient (Wildman–Crippen LogP) is 4.07. The fourth-order valence-corrected chi connectivity index (χ4v) is 6.86. The summed E-state index contributed by atoms with van der Waals surface area (Å²) in [6, 6.07) is 10.2.